The molecule has 0 N–H and O–H groups in total. The second kappa shape index (κ2) is 6.15. The minimum atomic E-state index is 0.0268. The lowest BCUT2D eigenvalue weighted by Gasteiger charge is -2.45. The van der Waals surface area contributed by atoms with Gasteiger partial charge in [0.05, 0.1) is 0 Å². The van der Waals surface area contributed by atoms with Gasteiger partial charge in [0.2, 0.25) is 5.91 Å². The van der Waals surface area contributed by atoms with E-state index in [0.29, 0.717) is 6.42 Å². The van der Waals surface area contributed by atoms with Gasteiger partial charge in [-0.05, 0) is 20.4 Å². The van der Waals surface area contributed by atoms with E-state index in [1.807, 2.05) is 4.90 Å². The minimum Gasteiger partial charge on any atom is -0.340 e. The summed E-state index contributed by atoms with van der Waals surface area (Å²) in [7, 11) is 0. The van der Waals surface area contributed by atoms with Gasteiger partial charge in [0.25, 0.3) is 0 Å². The molecule has 4 nitrogen and oxygen atoms in total. The summed E-state index contributed by atoms with van der Waals surface area (Å²) in [4.78, 5) is 18.9. The van der Waals surface area contributed by atoms with Crippen molar-refractivity contribution in [3.63, 3.8) is 0 Å². The summed E-state index contributed by atoms with van der Waals surface area (Å²) in [6.45, 7) is 13.8. The second-order valence-electron chi connectivity index (χ2n) is 6.58. The lowest BCUT2D eigenvalue weighted by atomic mass is 10.0. The Morgan fingerprint density at radius 1 is 1.30 bits per heavy atom. The first-order valence-corrected chi connectivity index (χ1v) is 7.67. The van der Waals surface area contributed by atoms with E-state index in [2.05, 4.69) is 36.5 Å². The van der Waals surface area contributed by atoms with Crippen LogP contribution in [0.4, 0.5) is 0 Å². The number of terminal acetylenes is 1. The third-order valence-electron chi connectivity index (χ3n) is 4.70. The first-order valence-electron chi connectivity index (χ1n) is 7.67. The maximum atomic E-state index is 12.0. The predicted octanol–water partition coefficient (Wildman–Crippen LogP) is 0.884. The maximum absolute atomic E-state index is 12.0. The molecule has 0 bridgehead atoms. The van der Waals surface area contributed by atoms with E-state index < -0.39 is 0 Å². The fourth-order valence-corrected chi connectivity index (χ4v) is 3.27. The van der Waals surface area contributed by atoms with Crippen molar-refractivity contribution in [2.45, 2.75) is 32.7 Å². The quantitative estimate of drug-likeness (QED) is 0.714. The largest absolute Gasteiger partial charge is 0.340 e. The zero-order valence-corrected chi connectivity index (χ0v) is 13.1. The van der Waals surface area contributed by atoms with Crippen molar-refractivity contribution in [2.24, 2.45) is 5.92 Å². The molecular weight excluding hydrogens is 250 g/mol. The summed E-state index contributed by atoms with van der Waals surface area (Å²) in [5, 5.41) is 0. The fraction of sp³-hybridized carbons (Fsp3) is 0.812. The first kappa shape index (κ1) is 15.3. The van der Waals surface area contributed by atoms with Gasteiger partial charge in [0, 0.05) is 57.1 Å². The van der Waals surface area contributed by atoms with Gasteiger partial charge in [0.1, 0.15) is 0 Å². The molecule has 0 aromatic carbocycles. The number of rotatable bonds is 4. The number of carbonyl (C=O) groups excluding carboxylic acids is 1. The highest BCUT2D eigenvalue weighted by Crippen LogP contribution is 2.23. The monoisotopic (exact) mass is 277 g/mol. The highest BCUT2D eigenvalue weighted by atomic mass is 16.2. The van der Waals surface area contributed by atoms with Gasteiger partial charge < -0.3 is 9.80 Å². The van der Waals surface area contributed by atoms with Crippen LogP contribution in [0.2, 0.25) is 0 Å². The van der Waals surface area contributed by atoms with E-state index in [4.69, 9.17) is 6.42 Å². The van der Waals surface area contributed by atoms with Crippen molar-refractivity contribution in [3.05, 3.63) is 0 Å². The number of nitrogens with zero attached hydrogens (tertiary/aromatic N) is 3. The summed E-state index contributed by atoms with van der Waals surface area (Å²) in [5.41, 5.74) is 0.0268. The standard InChI is InChI=1S/C16H27N3O/c1-5-14-11-15(20)18(12-14)13-16(3,4)19-9-7-17(6-2)8-10-19/h1,14H,6-13H2,2-4H3. The van der Waals surface area contributed by atoms with Gasteiger partial charge >= 0.3 is 0 Å². The van der Waals surface area contributed by atoms with Crippen molar-refractivity contribution in [1.29, 1.82) is 0 Å². The Hall–Kier alpha value is -1.05. The molecule has 4 heteroatoms. The van der Waals surface area contributed by atoms with Crippen LogP contribution in [-0.2, 0) is 4.79 Å². The van der Waals surface area contributed by atoms with Crippen LogP contribution in [0, 0.1) is 18.3 Å². The highest BCUT2D eigenvalue weighted by Gasteiger charge is 2.36. The molecule has 2 aliphatic rings. The number of likely N-dealkylation sites (tertiary alicyclic amines) is 1. The zero-order chi connectivity index (χ0) is 14.8. The molecule has 2 fully saturated rings. The van der Waals surface area contributed by atoms with Gasteiger partial charge in [-0.2, -0.15) is 0 Å². The molecule has 0 aromatic heterocycles. The molecule has 0 spiro atoms. The molecule has 2 aliphatic heterocycles. The third kappa shape index (κ3) is 3.34. The minimum absolute atomic E-state index is 0.0268. The summed E-state index contributed by atoms with van der Waals surface area (Å²) in [5.74, 6) is 3.04. The number of piperazine rings is 1. The Labute approximate surface area is 123 Å². The molecule has 1 unspecified atom stereocenters. The van der Waals surface area contributed by atoms with Crippen molar-refractivity contribution in [2.75, 3.05) is 45.8 Å². The SMILES string of the molecule is C#CC1CC(=O)N(CC(C)(C)N2CCN(CC)CC2)C1. The molecule has 2 rings (SSSR count). The molecular formula is C16H27N3O. The number of likely N-dealkylation sites (N-methyl/N-ethyl adjacent to an activating group) is 1. The molecule has 1 amide bonds. The van der Waals surface area contributed by atoms with Gasteiger partial charge in [0.15, 0.2) is 0 Å². The molecule has 2 heterocycles. The first-order chi connectivity index (χ1) is 9.46. The Morgan fingerprint density at radius 3 is 2.45 bits per heavy atom. The number of amides is 1. The van der Waals surface area contributed by atoms with E-state index >= 15 is 0 Å². The lowest BCUT2D eigenvalue weighted by molar-refractivity contribution is -0.129. The van der Waals surface area contributed by atoms with E-state index in [1.54, 1.807) is 0 Å². The molecule has 112 valence electrons. The smallest absolute Gasteiger partial charge is 0.223 e. The van der Waals surface area contributed by atoms with E-state index in [9.17, 15) is 4.79 Å². The van der Waals surface area contributed by atoms with E-state index in [-0.39, 0.29) is 17.4 Å². The third-order valence-corrected chi connectivity index (χ3v) is 4.70. The normalized spacial score (nSPS) is 26.0. The average molecular weight is 277 g/mol. The summed E-state index contributed by atoms with van der Waals surface area (Å²) in [6, 6.07) is 0. The van der Waals surface area contributed by atoms with Gasteiger partial charge in [-0.25, -0.2) is 0 Å². The van der Waals surface area contributed by atoms with Crippen LogP contribution >= 0.6 is 0 Å². The number of hydrogen-bond acceptors (Lipinski definition) is 3. The number of hydrogen-bond donors (Lipinski definition) is 0. The summed E-state index contributed by atoms with van der Waals surface area (Å²) >= 11 is 0. The summed E-state index contributed by atoms with van der Waals surface area (Å²) in [6.07, 6.45) is 5.97. The molecule has 0 aromatic rings. The summed E-state index contributed by atoms with van der Waals surface area (Å²) < 4.78 is 0. The molecule has 1 atom stereocenters. The molecule has 2 saturated heterocycles. The highest BCUT2D eigenvalue weighted by molar-refractivity contribution is 5.79. The van der Waals surface area contributed by atoms with E-state index in [0.717, 1.165) is 45.8 Å². The van der Waals surface area contributed by atoms with Crippen molar-refractivity contribution in [3.8, 4) is 12.3 Å². The van der Waals surface area contributed by atoms with Crippen molar-refractivity contribution >= 4 is 5.91 Å². The van der Waals surface area contributed by atoms with Gasteiger partial charge in [-0.15, -0.1) is 12.3 Å². The topological polar surface area (TPSA) is 26.8 Å². The Bertz CT molecular complexity index is 391. The predicted molar refractivity (Wildman–Crippen MR) is 81.3 cm³/mol. The molecule has 0 radical (unpaired) electrons. The Balaban J connectivity index is 1.91. The second-order valence-corrected chi connectivity index (χ2v) is 6.58. The number of carbonyl (C=O) groups is 1. The molecule has 0 saturated carbocycles. The fourth-order valence-electron chi connectivity index (χ4n) is 3.27. The van der Waals surface area contributed by atoms with Crippen LogP contribution in [0.25, 0.3) is 0 Å². The molecule has 20 heavy (non-hydrogen) atoms. The van der Waals surface area contributed by atoms with Crippen molar-refractivity contribution in [1.82, 2.24) is 14.7 Å². The van der Waals surface area contributed by atoms with Crippen LogP contribution in [0.5, 0.6) is 0 Å². The zero-order valence-electron chi connectivity index (χ0n) is 13.1. The maximum Gasteiger partial charge on any atom is 0.223 e. The van der Waals surface area contributed by atoms with Crippen LogP contribution in [0.1, 0.15) is 27.2 Å². The average Bonchev–Trinajstić information content (AvgIpc) is 2.79. The van der Waals surface area contributed by atoms with Crippen LogP contribution in [0.15, 0.2) is 0 Å². The van der Waals surface area contributed by atoms with Crippen molar-refractivity contribution < 1.29 is 4.79 Å². The molecule has 0 aliphatic carbocycles. The van der Waals surface area contributed by atoms with Crippen LogP contribution in [0.3, 0.4) is 0 Å². The van der Waals surface area contributed by atoms with Crippen LogP contribution in [-0.4, -0.2) is 72.0 Å². The Morgan fingerprint density at radius 2 is 1.95 bits per heavy atom. The lowest BCUT2D eigenvalue weighted by Crippen LogP contribution is -2.58. The van der Waals surface area contributed by atoms with Crippen LogP contribution < -0.4 is 0 Å². The van der Waals surface area contributed by atoms with Gasteiger partial charge in [-0.3, -0.25) is 9.69 Å². The van der Waals surface area contributed by atoms with E-state index in [1.165, 1.54) is 0 Å². The Kier molecular flexibility index (Phi) is 4.72. The van der Waals surface area contributed by atoms with Gasteiger partial charge in [-0.1, -0.05) is 6.92 Å².